The van der Waals surface area contributed by atoms with Crippen LogP contribution in [0.2, 0.25) is 0 Å². The molecule has 0 fully saturated rings. The van der Waals surface area contributed by atoms with Crippen LogP contribution >= 0.6 is 0 Å². The summed E-state index contributed by atoms with van der Waals surface area (Å²) in [4.78, 5) is 15.7. The van der Waals surface area contributed by atoms with Crippen LogP contribution in [0.3, 0.4) is 0 Å². The van der Waals surface area contributed by atoms with Crippen molar-refractivity contribution in [1.29, 1.82) is 0 Å². The summed E-state index contributed by atoms with van der Waals surface area (Å²) in [6.45, 7) is 2.62. The highest BCUT2D eigenvalue weighted by molar-refractivity contribution is 5.92. The Bertz CT molecular complexity index is 429. The van der Waals surface area contributed by atoms with Gasteiger partial charge in [0.15, 0.2) is 0 Å². The summed E-state index contributed by atoms with van der Waals surface area (Å²) in [7, 11) is 0. The molecule has 0 aliphatic heterocycles. The number of carbonyl (C=O) groups is 1. The molecule has 18 heavy (non-hydrogen) atoms. The molecule has 1 aromatic heterocycles. The number of amides is 1. The second-order valence-corrected chi connectivity index (χ2v) is 3.86. The maximum absolute atomic E-state index is 11.7. The molecule has 0 saturated carbocycles. The number of pyridine rings is 1. The van der Waals surface area contributed by atoms with Crippen LogP contribution in [0, 0.1) is 11.8 Å². The number of aliphatic hydroxyl groups excluding tert-OH is 1. The van der Waals surface area contributed by atoms with Crippen LogP contribution in [0.4, 0.5) is 0 Å². The molecule has 1 aromatic rings. The van der Waals surface area contributed by atoms with Gasteiger partial charge >= 0.3 is 0 Å². The van der Waals surface area contributed by atoms with Crippen molar-refractivity contribution in [1.82, 2.24) is 10.3 Å². The number of nitrogens with one attached hydrogen (secondary N) is 1. The van der Waals surface area contributed by atoms with Crippen molar-refractivity contribution < 1.29 is 9.90 Å². The number of aromatic nitrogens is 1. The SMILES string of the molecule is CCCCCNC(=O)c1ccc(C#CCO)cn1. The Morgan fingerprint density at radius 3 is 2.89 bits per heavy atom. The van der Waals surface area contributed by atoms with Gasteiger partial charge < -0.3 is 10.4 Å². The van der Waals surface area contributed by atoms with Gasteiger partial charge in [-0.3, -0.25) is 4.79 Å². The van der Waals surface area contributed by atoms with Gasteiger partial charge in [-0.05, 0) is 18.6 Å². The van der Waals surface area contributed by atoms with Crippen LogP contribution in [0.1, 0.15) is 42.2 Å². The molecule has 0 saturated heterocycles. The Morgan fingerprint density at radius 2 is 2.28 bits per heavy atom. The molecule has 4 heteroatoms. The Balaban J connectivity index is 2.48. The van der Waals surface area contributed by atoms with E-state index in [1.54, 1.807) is 12.1 Å². The van der Waals surface area contributed by atoms with Crippen molar-refractivity contribution in [2.24, 2.45) is 0 Å². The van der Waals surface area contributed by atoms with Gasteiger partial charge in [0.05, 0.1) is 0 Å². The van der Waals surface area contributed by atoms with E-state index in [9.17, 15) is 4.79 Å². The van der Waals surface area contributed by atoms with Crippen LogP contribution < -0.4 is 5.32 Å². The van der Waals surface area contributed by atoms with E-state index in [2.05, 4.69) is 29.1 Å². The smallest absolute Gasteiger partial charge is 0.269 e. The van der Waals surface area contributed by atoms with Crippen molar-refractivity contribution in [3.63, 3.8) is 0 Å². The normalized spacial score (nSPS) is 9.44. The predicted molar refractivity (Wildman–Crippen MR) is 70.1 cm³/mol. The molecule has 0 bridgehead atoms. The molecule has 0 atom stereocenters. The van der Waals surface area contributed by atoms with Gasteiger partial charge in [-0.1, -0.05) is 31.6 Å². The summed E-state index contributed by atoms with van der Waals surface area (Å²) < 4.78 is 0. The van der Waals surface area contributed by atoms with Crippen LogP contribution in [-0.2, 0) is 0 Å². The first kappa shape index (κ1) is 14.2. The number of aliphatic hydroxyl groups is 1. The number of hydrogen-bond donors (Lipinski definition) is 2. The first-order valence-corrected chi connectivity index (χ1v) is 6.12. The summed E-state index contributed by atoms with van der Waals surface area (Å²) in [5, 5.41) is 11.4. The van der Waals surface area contributed by atoms with Crippen molar-refractivity contribution in [3.8, 4) is 11.8 Å². The quantitative estimate of drug-likeness (QED) is 0.609. The molecule has 96 valence electrons. The summed E-state index contributed by atoms with van der Waals surface area (Å²) in [5.74, 6) is 5.09. The first-order valence-electron chi connectivity index (χ1n) is 6.12. The van der Waals surface area contributed by atoms with E-state index in [4.69, 9.17) is 5.11 Å². The molecule has 1 amide bonds. The van der Waals surface area contributed by atoms with Gasteiger partial charge in [0, 0.05) is 18.3 Å². The summed E-state index contributed by atoms with van der Waals surface area (Å²) >= 11 is 0. The van der Waals surface area contributed by atoms with Gasteiger partial charge in [0.25, 0.3) is 5.91 Å². The lowest BCUT2D eigenvalue weighted by Crippen LogP contribution is -2.25. The fraction of sp³-hybridized carbons (Fsp3) is 0.429. The van der Waals surface area contributed by atoms with Crippen molar-refractivity contribution in [2.45, 2.75) is 26.2 Å². The van der Waals surface area contributed by atoms with E-state index >= 15 is 0 Å². The van der Waals surface area contributed by atoms with Crippen LogP contribution in [0.5, 0.6) is 0 Å². The Labute approximate surface area is 107 Å². The third-order valence-electron chi connectivity index (χ3n) is 2.37. The monoisotopic (exact) mass is 246 g/mol. The molecule has 0 aliphatic carbocycles. The first-order chi connectivity index (χ1) is 8.77. The van der Waals surface area contributed by atoms with Gasteiger partial charge in [0.2, 0.25) is 0 Å². The van der Waals surface area contributed by atoms with E-state index in [1.165, 1.54) is 6.20 Å². The van der Waals surface area contributed by atoms with E-state index < -0.39 is 0 Å². The highest BCUT2D eigenvalue weighted by Gasteiger charge is 2.05. The third kappa shape index (κ3) is 4.98. The van der Waals surface area contributed by atoms with E-state index in [0.717, 1.165) is 19.3 Å². The zero-order valence-corrected chi connectivity index (χ0v) is 10.6. The molecular formula is C14H18N2O2. The lowest BCUT2D eigenvalue weighted by atomic mass is 10.2. The fourth-order valence-electron chi connectivity index (χ4n) is 1.41. The molecule has 0 spiro atoms. The fourth-order valence-corrected chi connectivity index (χ4v) is 1.41. The molecule has 1 heterocycles. The van der Waals surface area contributed by atoms with Crippen LogP contribution in [-0.4, -0.2) is 29.1 Å². The average Bonchev–Trinajstić information content (AvgIpc) is 2.41. The largest absolute Gasteiger partial charge is 0.384 e. The van der Waals surface area contributed by atoms with Crippen LogP contribution in [0.15, 0.2) is 18.3 Å². The van der Waals surface area contributed by atoms with E-state index in [1.807, 2.05) is 0 Å². The molecule has 0 aromatic carbocycles. The number of unbranched alkanes of at least 4 members (excludes halogenated alkanes) is 2. The minimum absolute atomic E-state index is 0.159. The van der Waals surface area contributed by atoms with Crippen molar-refractivity contribution in [3.05, 3.63) is 29.6 Å². The maximum Gasteiger partial charge on any atom is 0.269 e. The summed E-state index contributed by atoms with van der Waals surface area (Å²) in [6, 6.07) is 3.35. The lowest BCUT2D eigenvalue weighted by molar-refractivity contribution is 0.0948. The maximum atomic E-state index is 11.7. The molecule has 2 N–H and O–H groups in total. The molecular weight excluding hydrogens is 228 g/mol. The Morgan fingerprint density at radius 1 is 1.44 bits per heavy atom. The molecule has 4 nitrogen and oxygen atoms in total. The number of nitrogens with zero attached hydrogens (tertiary/aromatic N) is 1. The third-order valence-corrected chi connectivity index (χ3v) is 2.37. The van der Waals surface area contributed by atoms with Gasteiger partial charge in [-0.25, -0.2) is 4.98 Å². The standard InChI is InChI=1S/C14H18N2O2/c1-2-3-4-9-15-14(18)13-8-7-12(11-16-13)6-5-10-17/h7-8,11,17H,2-4,9-10H2,1H3,(H,15,18). The topological polar surface area (TPSA) is 62.2 Å². The highest BCUT2D eigenvalue weighted by Crippen LogP contribution is 1.99. The van der Waals surface area contributed by atoms with E-state index in [-0.39, 0.29) is 12.5 Å². The van der Waals surface area contributed by atoms with Crippen LogP contribution in [0.25, 0.3) is 0 Å². The minimum atomic E-state index is -0.181. The number of hydrogen-bond acceptors (Lipinski definition) is 3. The second-order valence-electron chi connectivity index (χ2n) is 3.86. The van der Waals surface area contributed by atoms with Gasteiger partial charge in [-0.2, -0.15) is 0 Å². The lowest BCUT2D eigenvalue weighted by Gasteiger charge is -2.03. The zero-order chi connectivity index (χ0) is 13.2. The molecule has 1 rings (SSSR count). The average molecular weight is 246 g/mol. The highest BCUT2D eigenvalue weighted by atomic mass is 16.2. The Hall–Kier alpha value is -1.86. The number of carbonyl (C=O) groups excluding carboxylic acids is 1. The predicted octanol–water partition coefficient (Wildman–Crippen LogP) is 1.35. The van der Waals surface area contributed by atoms with Gasteiger partial charge in [-0.15, -0.1) is 0 Å². The van der Waals surface area contributed by atoms with E-state index in [0.29, 0.717) is 17.8 Å². The Kier molecular flexibility index (Phi) is 6.52. The molecule has 0 unspecified atom stereocenters. The number of rotatable bonds is 5. The zero-order valence-electron chi connectivity index (χ0n) is 10.6. The second kappa shape index (κ2) is 8.26. The minimum Gasteiger partial charge on any atom is -0.384 e. The molecule has 0 aliphatic rings. The summed E-state index contributed by atoms with van der Waals surface area (Å²) in [6.07, 6.45) is 4.77. The van der Waals surface area contributed by atoms with Crippen molar-refractivity contribution >= 4 is 5.91 Å². The van der Waals surface area contributed by atoms with Gasteiger partial charge in [0.1, 0.15) is 12.3 Å². The molecule has 0 radical (unpaired) electrons. The summed E-state index contributed by atoms with van der Waals surface area (Å²) in [5.41, 5.74) is 1.08. The van der Waals surface area contributed by atoms with Crippen molar-refractivity contribution in [2.75, 3.05) is 13.2 Å².